The molecule has 1 unspecified atom stereocenters. The first kappa shape index (κ1) is 23.1. The van der Waals surface area contributed by atoms with Crippen molar-refractivity contribution in [2.24, 2.45) is 0 Å². The monoisotopic (exact) mass is 455 g/mol. The summed E-state index contributed by atoms with van der Waals surface area (Å²) < 4.78 is 13.4. The molecule has 1 N–H and O–H groups in total. The number of fused-ring (bicyclic) bond motifs is 1. The van der Waals surface area contributed by atoms with E-state index in [4.69, 9.17) is 0 Å². The maximum absolute atomic E-state index is 13.5. The molecule has 1 atom stereocenters. The van der Waals surface area contributed by atoms with Crippen molar-refractivity contribution in [2.45, 2.75) is 18.9 Å². The fourth-order valence-corrected chi connectivity index (χ4v) is 4.03. The van der Waals surface area contributed by atoms with Gasteiger partial charge >= 0.3 is 0 Å². The minimum atomic E-state index is -0.303. The molecule has 172 valence electrons. The van der Waals surface area contributed by atoms with Crippen LogP contribution in [0.25, 0.3) is 10.8 Å². The van der Waals surface area contributed by atoms with Crippen LogP contribution in [0, 0.1) is 5.82 Å². The van der Waals surface area contributed by atoms with Crippen LogP contribution in [0.4, 0.5) is 4.39 Å². The molecule has 0 aliphatic rings. The molecule has 5 nitrogen and oxygen atoms in total. The number of hydrogen-bond donors (Lipinski definition) is 1. The van der Waals surface area contributed by atoms with Crippen LogP contribution >= 0.6 is 0 Å². The van der Waals surface area contributed by atoms with Crippen LogP contribution in [0.2, 0.25) is 0 Å². The number of likely N-dealkylation sites (N-methyl/N-ethyl adjacent to an activating group) is 1. The Balaban J connectivity index is 1.53. The molecule has 0 radical (unpaired) electrons. The van der Waals surface area contributed by atoms with Gasteiger partial charge in [-0.25, -0.2) is 4.39 Å². The summed E-state index contributed by atoms with van der Waals surface area (Å²) in [7, 11) is 1.78. The number of carbonyl (C=O) groups excluding carboxylic acids is 2. The van der Waals surface area contributed by atoms with Gasteiger partial charge in [-0.1, -0.05) is 54.6 Å². The lowest BCUT2D eigenvalue weighted by atomic mass is 9.99. The maximum atomic E-state index is 13.5. The Morgan fingerprint density at radius 3 is 2.44 bits per heavy atom. The van der Waals surface area contributed by atoms with Crippen molar-refractivity contribution in [1.29, 1.82) is 0 Å². The summed E-state index contributed by atoms with van der Waals surface area (Å²) in [5, 5.41) is 4.78. The van der Waals surface area contributed by atoms with Gasteiger partial charge in [0.15, 0.2) is 0 Å². The predicted octanol–water partition coefficient (Wildman–Crippen LogP) is 4.88. The minimum Gasteiger partial charge on any atom is -0.351 e. The van der Waals surface area contributed by atoms with E-state index < -0.39 is 0 Å². The molecule has 34 heavy (non-hydrogen) atoms. The maximum Gasteiger partial charge on any atom is 0.269 e. The van der Waals surface area contributed by atoms with Crippen molar-refractivity contribution in [3.8, 4) is 0 Å². The molecule has 3 aromatic carbocycles. The van der Waals surface area contributed by atoms with Crippen LogP contribution in [0.5, 0.6) is 0 Å². The normalized spacial score (nSPS) is 11.7. The van der Waals surface area contributed by atoms with Gasteiger partial charge in [-0.05, 0) is 59.5 Å². The van der Waals surface area contributed by atoms with Crippen LogP contribution in [0.15, 0.2) is 91.1 Å². The summed E-state index contributed by atoms with van der Waals surface area (Å²) in [6.45, 7) is 0.369. The lowest BCUT2D eigenvalue weighted by Crippen LogP contribution is -2.41. The molecule has 0 spiro atoms. The summed E-state index contributed by atoms with van der Waals surface area (Å²) in [4.78, 5) is 31.7. The van der Waals surface area contributed by atoms with Crippen LogP contribution in [-0.2, 0) is 6.42 Å². The third-order valence-electron chi connectivity index (χ3n) is 5.93. The van der Waals surface area contributed by atoms with E-state index in [1.165, 1.54) is 12.1 Å². The van der Waals surface area contributed by atoms with E-state index in [1.54, 1.807) is 48.5 Å². The zero-order valence-electron chi connectivity index (χ0n) is 18.9. The van der Waals surface area contributed by atoms with Gasteiger partial charge in [0.25, 0.3) is 11.8 Å². The summed E-state index contributed by atoms with van der Waals surface area (Å²) >= 11 is 0. The number of amides is 2. The van der Waals surface area contributed by atoms with E-state index in [9.17, 15) is 14.0 Å². The summed E-state index contributed by atoms with van der Waals surface area (Å²) in [6, 6.07) is 24.7. The standard InChI is InChI=1S/C28H26FN3O2/c1-32(28(34)25-10-6-8-21-7-2-3-9-24(21)25)23(19-20-12-14-22(29)15-13-20)16-18-31-27(33)26-11-4-5-17-30-26/h2-15,17,23H,16,18-19H2,1H3,(H,31,33). The van der Waals surface area contributed by atoms with Crippen LogP contribution in [-0.4, -0.2) is 41.3 Å². The number of nitrogens with zero attached hydrogens (tertiary/aromatic N) is 2. The zero-order valence-corrected chi connectivity index (χ0v) is 18.9. The van der Waals surface area contributed by atoms with Gasteiger partial charge in [0.1, 0.15) is 11.5 Å². The molecule has 0 aliphatic heterocycles. The highest BCUT2D eigenvalue weighted by atomic mass is 19.1. The second-order valence-corrected chi connectivity index (χ2v) is 8.19. The van der Waals surface area contributed by atoms with Crippen molar-refractivity contribution < 1.29 is 14.0 Å². The average Bonchev–Trinajstić information content (AvgIpc) is 2.88. The second-order valence-electron chi connectivity index (χ2n) is 8.19. The Bertz CT molecular complexity index is 1270. The molecule has 0 aliphatic carbocycles. The highest BCUT2D eigenvalue weighted by molar-refractivity contribution is 6.07. The molecule has 0 saturated carbocycles. The van der Waals surface area contributed by atoms with Crippen molar-refractivity contribution >= 4 is 22.6 Å². The van der Waals surface area contributed by atoms with Crippen molar-refractivity contribution in [3.63, 3.8) is 0 Å². The molecule has 0 saturated heterocycles. The van der Waals surface area contributed by atoms with Gasteiger partial charge in [0.2, 0.25) is 0 Å². The molecule has 1 heterocycles. The highest BCUT2D eigenvalue weighted by Crippen LogP contribution is 2.22. The zero-order chi connectivity index (χ0) is 23.9. The molecule has 0 bridgehead atoms. The second kappa shape index (κ2) is 10.7. The minimum absolute atomic E-state index is 0.0973. The number of aromatic nitrogens is 1. The van der Waals surface area contributed by atoms with Gasteiger partial charge in [-0.2, -0.15) is 0 Å². The Morgan fingerprint density at radius 2 is 1.68 bits per heavy atom. The van der Waals surface area contributed by atoms with E-state index in [0.29, 0.717) is 30.6 Å². The first-order valence-corrected chi connectivity index (χ1v) is 11.2. The topological polar surface area (TPSA) is 62.3 Å². The lowest BCUT2D eigenvalue weighted by molar-refractivity contribution is 0.0724. The molecule has 6 heteroatoms. The van der Waals surface area contributed by atoms with Gasteiger partial charge in [0.05, 0.1) is 0 Å². The molecule has 4 aromatic rings. The molecule has 0 fully saturated rings. The van der Waals surface area contributed by atoms with E-state index in [0.717, 1.165) is 16.3 Å². The Hall–Kier alpha value is -4.06. The number of pyridine rings is 1. The Kier molecular flexibility index (Phi) is 7.28. The largest absolute Gasteiger partial charge is 0.351 e. The van der Waals surface area contributed by atoms with Crippen LogP contribution in [0.3, 0.4) is 0 Å². The molecule has 4 rings (SSSR count). The number of hydrogen-bond acceptors (Lipinski definition) is 3. The number of benzene rings is 3. The molecule has 2 amide bonds. The van der Waals surface area contributed by atoms with Crippen LogP contribution < -0.4 is 5.32 Å². The van der Waals surface area contributed by atoms with Gasteiger partial charge in [-0.3, -0.25) is 14.6 Å². The first-order chi connectivity index (χ1) is 16.5. The third-order valence-corrected chi connectivity index (χ3v) is 5.93. The Labute approximate surface area is 198 Å². The predicted molar refractivity (Wildman–Crippen MR) is 131 cm³/mol. The number of nitrogens with one attached hydrogen (secondary N) is 1. The van der Waals surface area contributed by atoms with Crippen molar-refractivity contribution in [3.05, 3.63) is 114 Å². The van der Waals surface area contributed by atoms with E-state index in [2.05, 4.69) is 10.3 Å². The van der Waals surface area contributed by atoms with E-state index in [1.807, 2.05) is 42.5 Å². The molecular weight excluding hydrogens is 429 g/mol. The highest BCUT2D eigenvalue weighted by Gasteiger charge is 2.23. The average molecular weight is 456 g/mol. The smallest absolute Gasteiger partial charge is 0.269 e. The fourth-order valence-electron chi connectivity index (χ4n) is 4.03. The van der Waals surface area contributed by atoms with Gasteiger partial charge in [-0.15, -0.1) is 0 Å². The molecular formula is C28H26FN3O2. The van der Waals surface area contributed by atoms with E-state index >= 15 is 0 Å². The number of halogens is 1. The van der Waals surface area contributed by atoms with Gasteiger partial charge in [0, 0.05) is 31.4 Å². The molecule has 1 aromatic heterocycles. The van der Waals surface area contributed by atoms with E-state index in [-0.39, 0.29) is 23.7 Å². The summed E-state index contributed by atoms with van der Waals surface area (Å²) in [5.74, 6) is -0.660. The van der Waals surface area contributed by atoms with Gasteiger partial charge < -0.3 is 10.2 Å². The van der Waals surface area contributed by atoms with Crippen LogP contribution in [0.1, 0.15) is 32.8 Å². The number of rotatable bonds is 8. The number of carbonyl (C=O) groups is 2. The summed E-state index contributed by atoms with van der Waals surface area (Å²) in [6.07, 6.45) is 2.64. The SMILES string of the molecule is CN(C(=O)c1cccc2ccccc12)C(CCNC(=O)c1ccccn1)Cc1ccc(F)cc1. The Morgan fingerprint density at radius 1 is 0.941 bits per heavy atom. The summed E-state index contributed by atoms with van der Waals surface area (Å²) in [5.41, 5.74) is 1.89. The fraction of sp³-hybridized carbons (Fsp3) is 0.179. The quantitative estimate of drug-likeness (QED) is 0.412. The van der Waals surface area contributed by atoms with Crippen molar-refractivity contribution in [1.82, 2.24) is 15.2 Å². The lowest BCUT2D eigenvalue weighted by Gasteiger charge is -2.29. The van der Waals surface area contributed by atoms with Crippen molar-refractivity contribution in [2.75, 3.05) is 13.6 Å². The third kappa shape index (κ3) is 5.46. The first-order valence-electron chi connectivity index (χ1n) is 11.2.